The molecule has 2 aromatic heterocycles. The highest BCUT2D eigenvalue weighted by Crippen LogP contribution is 2.22. The average molecular weight is 507 g/mol. The zero-order valence-electron chi connectivity index (χ0n) is 22.3. The van der Waals surface area contributed by atoms with E-state index in [1.165, 1.54) is 17.1 Å². The molecule has 0 saturated heterocycles. The fourth-order valence-corrected chi connectivity index (χ4v) is 3.99. The molecule has 3 aromatic rings. The van der Waals surface area contributed by atoms with Crippen LogP contribution in [0.25, 0.3) is 5.69 Å². The summed E-state index contributed by atoms with van der Waals surface area (Å²) < 4.78 is 6.63. The maximum atomic E-state index is 13.4. The number of anilines is 2. The minimum Gasteiger partial charge on any atom is -0.444 e. The molecule has 0 aliphatic rings. The maximum Gasteiger partial charge on any atom is 0.408 e. The Balaban J connectivity index is 1.88. The van der Waals surface area contributed by atoms with Crippen molar-refractivity contribution in [3.05, 3.63) is 75.1 Å². The van der Waals surface area contributed by atoms with Gasteiger partial charge in [-0.3, -0.25) is 19.1 Å². The summed E-state index contributed by atoms with van der Waals surface area (Å²) in [7, 11) is 0. The van der Waals surface area contributed by atoms with E-state index in [9.17, 15) is 14.4 Å². The van der Waals surface area contributed by atoms with Gasteiger partial charge in [0.25, 0.3) is 11.5 Å². The Morgan fingerprint density at radius 1 is 1.14 bits per heavy atom. The van der Waals surface area contributed by atoms with Gasteiger partial charge in [0.15, 0.2) is 0 Å². The number of alkyl carbamates (subject to hydrolysis) is 1. The van der Waals surface area contributed by atoms with E-state index in [4.69, 9.17) is 10.5 Å². The van der Waals surface area contributed by atoms with Gasteiger partial charge in [-0.25, -0.2) is 9.78 Å². The largest absolute Gasteiger partial charge is 0.444 e. The third-order valence-corrected chi connectivity index (χ3v) is 5.68. The Morgan fingerprint density at radius 2 is 1.78 bits per heavy atom. The molecule has 10 heteroatoms. The molecule has 2 amide bonds. The van der Waals surface area contributed by atoms with Crippen molar-refractivity contribution in [2.24, 2.45) is 0 Å². The number of rotatable bonds is 6. The van der Waals surface area contributed by atoms with E-state index in [0.29, 0.717) is 16.9 Å². The number of nitrogens with zero attached hydrogens (tertiary/aromatic N) is 3. The number of benzene rings is 1. The number of aromatic nitrogens is 3. The van der Waals surface area contributed by atoms with Crippen molar-refractivity contribution in [1.29, 1.82) is 0 Å². The van der Waals surface area contributed by atoms with Crippen LogP contribution in [0.1, 0.15) is 73.3 Å². The summed E-state index contributed by atoms with van der Waals surface area (Å²) in [6, 6.07) is 5.22. The zero-order chi connectivity index (χ0) is 27.5. The molecule has 0 saturated carbocycles. The molecule has 0 bridgehead atoms. The van der Waals surface area contributed by atoms with E-state index in [1.54, 1.807) is 40.0 Å². The van der Waals surface area contributed by atoms with E-state index < -0.39 is 29.2 Å². The summed E-state index contributed by atoms with van der Waals surface area (Å²) in [5.74, 6) is -0.889. The standard InChI is InChI=1S/C27H34N6O4/c1-8-18-9-15(2)22(16(3)10-18)33-14-30-23(28)21(25(33)35)24(34)32-20-11-19(12-29-13-20)17(4)31-26(36)37-27(5,6)7/h9-14,17H,8,28H2,1-7H3,(H,31,36)(H,32,34)/t17-/m1/s1. The number of nitrogen functional groups attached to an aromatic ring is 1. The van der Waals surface area contributed by atoms with Gasteiger partial charge in [-0.05, 0) is 76.3 Å². The summed E-state index contributed by atoms with van der Waals surface area (Å²) >= 11 is 0. The monoisotopic (exact) mass is 506 g/mol. The van der Waals surface area contributed by atoms with Gasteiger partial charge >= 0.3 is 6.09 Å². The fraction of sp³-hybridized carbons (Fsp3) is 0.370. The molecule has 0 fully saturated rings. The fourth-order valence-electron chi connectivity index (χ4n) is 3.99. The summed E-state index contributed by atoms with van der Waals surface area (Å²) in [5.41, 5.74) is 9.02. The molecule has 1 atom stereocenters. The number of nitrogens with two attached hydrogens (primary N) is 1. The second-order valence-electron chi connectivity index (χ2n) is 9.94. The number of carbonyl (C=O) groups is 2. The second-order valence-corrected chi connectivity index (χ2v) is 9.94. The number of ether oxygens (including phenoxy) is 1. The van der Waals surface area contributed by atoms with Crippen molar-refractivity contribution < 1.29 is 14.3 Å². The number of nitrogens with one attached hydrogen (secondary N) is 2. The minimum absolute atomic E-state index is 0.177. The maximum absolute atomic E-state index is 13.4. The van der Waals surface area contributed by atoms with Crippen LogP contribution < -0.4 is 21.9 Å². The molecule has 37 heavy (non-hydrogen) atoms. The van der Waals surface area contributed by atoms with E-state index in [2.05, 4.69) is 27.5 Å². The first kappa shape index (κ1) is 27.4. The van der Waals surface area contributed by atoms with Gasteiger partial charge in [-0.15, -0.1) is 0 Å². The van der Waals surface area contributed by atoms with Crippen molar-refractivity contribution in [2.45, 2.75) is 66.5 Å². The molecular weight excluding hydrogens is 472 g/mol. The van der Waals surface area contributed by atoms with Crippen LogP contribution in [0.3, 0.4) is 0 Å². The van der Waals surface area contributed by atoms with Gasteiger partial charge in [-0.1, -0.05) is 19.1 Å². The normalized spacial score (nSPS) is 12.1. The molecule has 1 aromatic carbocycles. The number of amides is 2. The van der Waals surface area contributed by atoms with Crippen molar-refractivity contribution in [1.82, 2.24) is 19.9 Å². The number of aryl methyl sites for hydroxylation is 3. The van der Waals surface area contributed by atoms with Gasteiger partial charge in [-0.2, -0.15) is 0 Å². The summed E-state index contributed by atoms with van der Waals surface area (Å²) in [4.78, 5) is 46.9. The summed E-state index contributed by atoms with van der Waals surface area (Å²) in [5, 5.41) is 5.40. The summed E-state index contributed by atoms with van der Waals surface area (Å²) in [6.07, 6.45) is 4.63. The zero-order valence-corrected chi connectivity index (χ0v) is 22.3. The average Bonchev–Trinajstić information content (AvgIpc) is 2.78. The van der Waals surface area contributed by atoms with Crippen LogP contribution in [0.2, 0.25) is 0 Å². The third kappa shape index (κ3) is 6.52. The Bertz CT molecular complexity index is 1370. The van der Waals surface area contributed by atoms with Gasteiger partial charge < -0.3 is 21.1 Å². The molecule has 0 aliphatic carbocycles. The smallest absolute Gasteiger partial charge is 0.408 e. The number of hydrogen-bond acceptors (Lipinski definition) is 7. The molecule has 2 heterocycles. The molecule has 0 aliphatic heterocycles. The van der Waals surface area contributed by atoms with E-state index in [1.807, 2.05) is 26.0 Å². The molecular formula is C27H34N6O4. The second kappa shape index (κ2) is 10.8. The quantitative estimate of drug-likeness (QED) is 0.454. The Hall–Kier alpha value is -4.21. The predicted octanol–water partition coefficient (Wildman–Crippen LogP) is 4.23. The minimum atomic E-state index is -0.712. The van der Waals surface area contributed by atoms with E-state index in [-0.39, 0.29) is 11.4 Å². The molecule has 196 valence electrons. The molecule has 10 nitrogen and oxygen atoms in total. The van der Waals surface area contributed by atoms with Crippen molar-refractivity contribution in [3.63, 3.8) is 0 Å². The van der Waals surface area contributed by atoms with Crippen LogP contribution >= 0.6 is 0 Å². The van der Waals surface area contributed by atoms with E-state index >= 15 is 0 Å². The summed E-state index contributed by atoms with van der Waals surface area (Å²) in [6.45, 7) is 13.0. The molecule has 0 unspecified atom stereocenters. The topological polar surface area (TPSA) is 141 Å². The third-order valence-electron chi connectivity index (χ3n) is 5.68. The van der Waals surface area contributed by atoms with Gasteiger partial charge in [0.1, 0.15) is 23.3 Å². The lowest BCUT2D eigenvalue weighted by Gasteiger charge is -2.22. The van der Waals surface area contributed by atoms with Crippen LogP contribution in [0.5, 0.6) is 0 Å². The highest BCUT2D eigenvalue weighted by atomic mass is 16.6. The van der Waals surface area contributed by atoms with Crippen LogP contribution in [0.4, 0.5) is 16.3 Å². The van der Waals surface area contributed by atoms with Crippen LogP contribution in [0, 0.1) is 13.8 Å². The van der Waals surface area contributed by atoms with Crippen LogP contribution in [-0.4, -0.2) is 32.1 Å². The molecule has 3 rings (SSSR count). The Kier molecular flexibility index (Phi) is 8.00. The Labute approximate surface area is 216 Å². The predicted molar refractivity (Wildman–Crippen MR) is 143 cm³/mol. The van der Waals surface area contributed by atoms with Gasteiger partial charge in [0, 0.05) is 6.20 Å². The highest BCUT2D eigenvalue weighted by Gasteiger charge is 2.22. The lowest BCUT2D eigenvalue weighted by molar-refractivity contribution is 0.0507. The highest BCUT2D eigenvalue weighted by molar-refractivity contribution is 6.06. The first-order valence-electron chi connectivity index (χ1n) is 12.0. The first-order chi connectivity index (χ1) is 17.3. The number of hydrogen-bond donors (Lipinski definition) is 3. The SMILES string of the molecule is CCc1cc(C)c(-n2cnc(N)c(C(=O)Nc3cncc([C@@H](C)NC(=O)OC(C)(C)C)c3)c2=O)c(C)c1. The number of pyridine rings is 1. The molecule has 0 radical (unpaired) electrons. The Morgan fingerprint density at radius 3 is 2.38 bits per heavy atom. The van der Waals surface area contributed by atoms with Crippen LogP contribution in [-0.2, 0) is 11.2 Å². The van der Waals surface area contributed by atoms with Crippen molar-refractivity contribution in [3.8, 4) is 5.69 Å². The van der Waals surface area contributed by atoms with Gasteiger partial charge in [0.2, 0.25) is 0 Å². The van der Waals surface area contributed by atoms with Gasteiger partial charge in [0.05, 0.1) is 23.6 Å². The van der Waals surface area contributed by atoms with E-state index in [0.717, 1.165) is 23.1 Å². The van der Waals surface area contributed by atoms with Crippen LogP contribution in [0.15, 0.2) is 41.7 Å². The van der Waals surface area contributed by atoms with Crippen molar-refractivity contribution >= 4 is 23.5 Å². The lowest BCUT2D eigenvalue weighted by Crippen LogP contribution is -2.34. The van der Waals surface area contributed by atoms with Crippen molar-refractivity contribution in [2.75, 3.05) is 11.1 Å². The lowest BCUT2D eigenvalue weighted by atomic mass is 10.0. The number of carbonyl (C=O) groups excluding carboxylic acids is 2. The first-order valence-corrected chi connectivity index (χ1v) is 12.0. The molecule has 0 spiro atoms. The molecule has 4 N–H and O–H groups in total.